The van der Waals surface area contributed by atoms with Crippen LogP contribution in [-0.2, 0) is 0 Å². The fourth-order valence-corrected chi connectivity index (χ4v) is 1.54. The minimum atomic E-state index is 0.350. The molecule has 0 aromatic carbocycles. The smallest absolute Gasteiger partial charge is 0.165 e. The second kappa shape index (κ2) is 3.77. The van der Waals surface area contributed by atoms with E-state index in [1.54, 1.807) is 12.4 Å². The van der Waals surface area contributed by atoms with Gasteiger partial charge in [-0.1, -0.05) is 32.4 Å². The molecule has 0 aliphatic carbocycles. The van der Waals surface area contributed by atoms with Crippen LogP contribution in [0.15, 0.2) is 12.4 Å². The van der Waals surface area contributed by atoms with Crippen LogP contribution in [0.5, 0.6) is 0 Å². The Morgan fingerprint density at radius 3 is 2.67 bits per heavy atom. The summed E-state index contributed by atoms with van der Waals surface area (Å²) in [4.78, 5) is 4.03. The van der Waals surface area contributed by atoms with Crippen molar-refractivity contribution in [2.45, 2.75) is 26.7 Å². The van der Waals surface area contributed by atoms with Gasteiger partial charge in [0, 0.05) is 12.0 Å². The molecule has 2 heterocycles. The lowest BCUT2D eigenvalue weighted by molar-refractivity contribution is 0.506. The van der Waals surface area contributed by atoms with Gasteiger partial charge in [0.25, 0.3) is 0 Å². The van der Waals surface area contributed by atoms with Gasteiger partial charge in [-0.05, 0) is 5.92 Å². The average Bonchev–Trinajstić information content (AvgIpc) is 2.59. The number of aromatic nitrogens is 4. The van der Waals surface area contributed by atoms with Gasteiger partial charge in [-0.2, -0.15) is 0 Å². The van der Waals surface area contributed by atoms with Crippen LogP contribution in [0.4, 0.5) is 0 Å². The number of rotatable bonds is 2. The van der Waals surface area contributed by atoms with Crippen molar-refractivity contribution in [3.63, 3.8) is 0 Å². The number of hydrogen-bond donors (Lipinski definition) is 0. The van der Waals surface area contributed by atoms with E-state index in [1.807, 2.05) is 4.40 Å². The lowest BCUT2D eigenvalue weighted by Gasteiger charge is -2.12. The van der Waals surface area contributed by atoms with Gasteiger partial charge in [0.15, 0.2) is 5.65 Å². The summed E-state index contributed by atoms with van der Waals surface area (Å²) in [6.07, 6.45) is 1.67. The van der Waals surface area contributed by atoms with Crippen molar-refractivity contribution in [2.24, 2.45) is 5.92 Å². The standard InChI is InChI=1S/C10H13ClN4/c1-6(2)7(3)10-14-13-9-4-8(11)12-5-15(9)10/h4-7H,1-3H3. The molecule has 2 aromatic heterocycles. The first kappa shape index (κ1) is 10.4. The Morgan fingerprint density at radius 1 is 1.27 bits per heavy atom. The zero-order chi connectivity index (χ0) is 11.0. The predicted octanol–water partition coefficient (Wildman–Crippen LogP) is 2.54. The lowest BCUT2D eigenvalue weighted by Crippen LogP contribution is -2.07. The molecule has 0 fully saturated rings. The van der Waals surface area contributed by atoms with Gasteiger partial charge >= 0.3 is 0 Å². The normalized spacial score (nSPS) is 13.7. The third kappa shape index (κ3) is 1.81. The molecule has 0 bridgehead atoms. The van der Waals surface area contributed by atoms with Crippen LogP contribution in [0, 0.1) is 5.92 Å². The molecule has 0 saturated carbocycles. The van der Waals surface area contributed by atoms with Crippen molar-refractivity contribution in [1.29, 1.82) is 0 Å². The average molecular weight is 225 g/mol. The van der Waals surface area contributed by atoms with Crippen molar-refractivity contribution in [2.75, 3.05) is 0 Å². The maximum Gasteiger partial charge on any atom is 0.165 e. The van der Waals surface area contributed by atoms with Crippen LogP contribution in [0.2, 0.25) is 5.15 Å². The summed E-state index contributed by atoms with van der Waals surface area (Å²) in [7, 11) is 0. The number of halogens is 1. The van der Waals surface area contributed by atoms with Crippen LogP contribution in [0.3, 0.4) is 0 Å². The van der Waals surface area contributed by atoms with Gasteiger partial charge in [-0.25, -0.2) is 4.98 Å². The SMILES string of the molecule is CC(C)C(C)c1nnc2cc(Cl)ncn12. The first-order valence-electron chi connectivity index (χ1n) is 4.95. The second-order valence-electron chi connectivity index (χ2n) is 4.03. The molecule has 0 saturated heterocycles. The predicted molar refractivity (Wildman–Crippen MR) is 59.0 cm³/mol. The Kier molecular flexibility index (Phi) is 2.61. The molecule has 2 rings (SSSR count). The van der Waals surface area contributed by atoms with Gasteiger partial charge in [-0.15, -0.1) is 10.2 Å². The van der Waals surface area contributed by atoms with E-state index in [0.717, 1.165) is 11.5 Å². The van der Waals surface area contributed by atoms with E-state index >= 15 is 0 Å². The summed E-state index contributed by atoms with van der Waals surface area (Å²) in [6.45, 7) is 6.46. The summed E-state index contributed by atoms with van der Waals surface area (Å²) in [6, 6.07) is 1.71. The highest BCUT2D eigenvalue weighted by molar-refractivity contribution is 6.29. The minimum absolute atomic E-state index is 0.350. The number of fused-ring (bicyclic) bond motifs is 1. The van der Waals surface area contributed by atoms with Gasteiger partial charge in [0.2, 0.25) is 0 Å². The molecule has 0 aliphatic rings. The molecule has 4 nitrogen and oxygen atoms in total. The van der Waals surface area contributed by atoms with Crippen molar-refractivity contribution in [3.8, 4) is 0 Å². The molecule has 0 amide bonds. The quantitative estimate of drug-likeness (QED) is 0.737. The first-order chi connectivity index (χ1) is 7.09. The molecule has 2 aromatic rings. The van der Waals surface area contributed by atoms with Crippen LogP contribution in [-0.4, -0.2) is 19.6 Å². The molecule has 0 aliphatic heterocycles. The maximum atomic E-state index is 5.78. The van der Waals surface area contributed by atoms with Crippen molar-refractivity contribution in [1.82, 2.24) is 19.6 Å². The molecular formula is C10H13ClN4. The zero-order valence-corrected chi connectivity index (χ0v) is 9.73. The molecule has 0 radical (unpaired) electrons. The van der Waals surface area contributed by atoms with Crippen LogP contribution >= 0.6 is 11.6 Å². The molecule has 1 atom stereocenters. The van der Waals surface area contributed by atoms with E-state index in [1.165, 1.54) is 0 Å². The second-order valence-corrected chi connectivity index (χ2v) is 4.42. The van der Waals surface area contributed by atoms with Crippen LogP contribution in [0.1, 0.15) is 32.5 Å². The molecule has 0 spiro atoms. The highest BCUT2D eigenvalue weighted by atomic mass is 35.5. The van der Waals surface area contributed by atoms with E-state index in [9.17, 15) is 0 Å². The summed E-state index contributed by atoms with van der Waals surface area (Å²) < 4.78 is 1.89. The Hall–Kier alpha value is -1.16. The number of nitrogens with zero attached hydrogens (tertiary/aromatic N) is 4. The van der Waals surface area contributed by atoms with E-state index in [0.29, 0.717) is 17.0 Å². The molecule has 5 heteroatoms. The van der Waals surface area contributed by atoms with E-state index < -0.39 is 0 Å². The third-order valence-corrected chi connectivity index (χ3v) is 2.91. The molecule has 80 valence electrons. The highest BCUT2D eigenvalue weighted by Gasteiger charge is 2.16. The summed E-state index contributed by atoms with van der Waals surface area (Å²) in [5.41, 5.74) is 0.748. The fourth-order valence-electron chi connectivity index (χ4n) is 1.40. The van der Waals surface area contributed by atoms with Gasteiger partial charge in [0.05, 0.1) is 0 Å². The monoisotopic (exact) mass is 224 g/mol. The summed E-state index contributed by atoms with van der Waals surface area (Å²) in [5, 5.41) is 8.69. The van der Waals surface area contributed by atoms with E-state index in [4.69, 9.17) is 11.6 Å². The fraction of sp³-hybridized carbons (Fsp3) is 0.500. The Labute approximate surface area is 93.3 Å². The first-order valence-corrected chi connectivity index (χ1v) is 5.33. The van der Waals surface area contributed by atoms with Crippen molar-refractivity contribution in [3.05, 3.63) is 23.4 Å². The third-order valence-electron chi connectivity index (χ3n) is 2.70. The van der Waals surface area contributed by atoms with Gasteiger partial charge < -0.3 is 0 Å². The van der Waals surface area contributed by atoms with Crippen molar-refractivity contribution >= 4 is 17.2 Å². The van der Waals surface area contributed by atoms with Gasteiger partial charge in [0.1, 0.15) is 17.3 Å². The molecular weight excluding hydrogens is 212 g/mol. The summed E-state index contributed by atoms with van der Waals surface area (Å²) in [5.74, 6) is 1.81. The van der Waals surface area contributed by atoms with Gasteiger partial charge in [-0.3, -0.25) is 4.40 Å². The Balaban J connectivity index is 2.54. The Morgan fingerprint density at radius 2 is 2.00 bits per heavy atom. The lowest BCUT2D eigenvalue weighted by atomic mass is 9.97. The summed E-state index contributed by atoms with van der Waals surface area (Å²) >= 11 is 5.78. The zero-order valence-electron chi connectivity index (χ0n) is 8.98. The molecule has 0 N–H and O–H groups in total. The van der Waals surface area contributed by atoms with E-state index in [-0.39, 0.29) is 0 Å². The molecule has 15 heavy (non-hydrogen) atoms. The largest absolute Gasteiger partial charge is 0.269 e. The van der Waals surface area contributed by atoms with Crippen LogP contribution < -0.4 is 0 Å². The topological polar surface area (TPSA) is 43.1 Å². The van der Waals surface area contributed by atoms with Crippen LogP contribution in [0.25, 0.3) is 5.65 Å². The maximum absolute atomic E-state index is 5.78. The Bertz CT molecular complexity index is 477. The molecule has 1 unspecified atom stereocenters. The van der Waals surface area contributed by atoms with E-state index in [2.05, 4.69) is 36.0 Å². The minimum Gasteiger partial charge on any atom is -0.269 e. The van der Waals surface area contributed by atoms with Crippen molar-refractivity contribution < 1.29 is 0 Å². The number of hydrogen-bond acceptors (Lipinski definition) is 3. The highest BCUT2D eigenvalue weighted by Crippen LogP contribution is 2.22.